The average molecular weight is 302 g/mol. The van der Waals surface area contributed by atoms with Gasteiger partial charge in [0.2, 0.25) is 0 Å². The van der Waals surface area contributed by atoms with Crippen molar-refractivity contribution in [1.82, 2.24) is 9.55 Å². The van der Waals surface area contributed by atoms with Gasteiger partial charge in [0.05, 0.1) is 28.0 Å². The molecule has 4 heteroatoms. The van der Waals surface area contributed by atoms with E-state index in [1.54, 1.807) is 0 Å². The monoisotopic (exact) mass is 301 g/mol. The minimum absolute atomic E-state index is 0.157. The third-order valence-electron chi connectivity index (χ3n) is 5.40. The molecule has 0 amide bonds. The Morgan fingerprint density at radius 2 is 1.90 bits per heavy atom. The molecule has 1 aromatic carbocycles. The third kappa shape index (κ3) is 1.82. The van der Waals surface area contributed by atoms with Gasteiger partial charge < -0.3 is 4.57 Å². The average Bonchev–Trinajstić information content (AvgIpc) is 2.73. The molecule has 21 heavy (non-hydrogen) atoms. The summed E-state index contributed by atoms with van der Waals surface area (Å²) in [5, 5.41) is 9.00. The molecule has 0 bridgehead atoms. The van der Waals surface area contributed by atoms with Crippen LogP contribution in [0.5, 0.6) is 0 Å². The van der Waals surface area contributed by atoms with Gasteiger partial charge in [-0.25, -0.2) is 4.98 Å². The highest BCUT2D eigenvalue weighted by atomic mass is 35.5. The molecule has 2 aromatic rings. The van der Waals surface area contributed by atoms with Crippen molar-refractivity contribution in [3.05, 3.63) is 29.6 Å². The summed E-state index contributed by atoms with van der Waals surface area (Å²) in [5.41, 5.74) is 2.96. The fourth-order valence-electron chi connectivity index (χ4n) is 3.54. The number of hydrogen-bond donors (Lipinski definition) is 0. The number of nitrogens with zero attached hydrogens (tertiary/aromatic N) is 3. The van der Waals surface area contributed by atoms with Crippen LogP contribution in [0.1, 0.15) is 57.4 Å². The van der Waals surface area contributed by atoms with E-state index in [0.717, 1.165) is 16.9 Å². The second-order valence-corrected chi connectivity index (χ2v) is 7.77. The first-order valence-electron chi connectivity index (χ1n) is 7.28. The molecule has 1 unspecified atom stereocenters. The molecule has 1 aliphatic carbocycles. The topological polar surface area (TPSA) is 41.6 Å². The summed E-state index contributed by atoms with van der Waals surface area (Å²) in [6.45, 7) is 11.1. The van der Waals surface area contributed by atoms with E-state index in [1.165, 1.54) is 0 Å². The van der Waals surface area contributed by atoms with E-state index in [4.69, 9.17) is 21.8 Å². The Labute approximate surface area is 130 Å². The predicted molar refractivity (Wildman–Crippen MR) is 85.3 cm³/mol. The highest BCUT2D eigenvalue weighted by Crippen LogP contribution is 2.72. The molecule has 1 aromatic heterocycles. The van der Waals surface area contributed by atoms with Crippen LogP contribution in [0.25, 0.3) is 11.0 Å². The molecular weight excluding hydrogens is 282 g/mol. The Morgan fingerprint density at radius 1 is 1.29 bits per heavy atom. The first-order valence-corrected chi connectivity index (χ1v) is 7.71. The number of benzene rings is 1. The van der Waals surface area contributed by atoms with Gasteiger partial charge >= 0.3 is 0 Å². The Kier molecular flexibility index (Phi) is 2.91. The van der Waals surface area contributed by atoms with Gasteiger partial charge in [0.15, 0.2) is 0 Å². The van der Waals surface area contributed by atoms with Gasteiger partial charge in [-0.3, -0.25) is 0 Å². The first-order chi connectivity index (χ1) is 9.71. The van der Waals surface area contributed by atoms with Crippen LogP contribution < -0.4 is 0 Å². The number of aromatic nitrogens is 2. The Bertz CT molecular complexity index is 748. The first kappa shape index (κ1) is 14.4. The molecule has 1 fully saturated rings. The summed E-state index contributed by atoms with van der Waals surface area (Å²) in [4.78, 5) is 4.70. The van der Waals surface area contributed by atoms with Crippen molar-refractivity contribution in [3.63, 3.8) is 0 Å². The van der Waals surface area contributed by atoms with Crippen LogP contribution >= 0.6 is 11.6 Å². The molecule has 110 valence electrons. The molecule has 1 heterocycles. The van der Waals surface area contributed by atoms with Gasteiger partial charge in [-0.1, -0.05) is 27.7 Å². The van der Waals surface area contributed by atoms with E-state index in [-0.39, 0.29) is 16.2 Å². The molecule has 0 aliphatic heterocycles. The molecule has 1 aliphatic rings. The van der Waals surface area contributed by atoms with Gasteiger partial charge in [-0.05, 0) is 36.0 Å². The summed E-state index contributed by atoms with van der Waals surface area (Å²) in [5.74, 6) is 0.894. The second-order valence-electron chi connectivity index (χ2n) is 7.12. The lowest BCUT2D eigenvalue weighted by Crippen LogP contribution is -2.07. The van der Waals surface area contributed by atoms with Crippen LogP contribution in [-0.2, 0) is 0 Å². The van der Waals surface area contributed by atoms with E-state index in [1.807, 2.05) is 25.1 Å². The van der Waals surface area contributed by atoms with Crippen LogP contribution in [0.4, 0.5) is 0 Å². The summed E-state index contributed by atoms with van der Waals surface area (Å²) in [6.07, 6.45) is 0. The maximum Gasteiger partial charge on any atom is 0.128 e. The van der Waals surface area contributed by atoms with E-state index in [9.17, 15) is 0 Å². The summed E-state index contributed by atoms with van der Waals surface area (Å²) in [6, 6.07) is 8.21. The number of halogens is 1. The Morgan fingerprint density at radius 3 is 2.38 bits per heavy atom. The zero-order valence-electron chi connectivity index (χ0n) is 13.1. The van der Waals surface area contributed by atoms with Gasteiger partial charge in [0.25, 0.3) is 0 Å². The lowest BCUT2D eigenvalue weighted by Gasteiger charge is -2.13. The smallest absolute Gasteiger partial charge is 0.128 e. The highest BCUT2D eigenvalue weighted by molar-refractivity contribution is 6.20. The largest absolute Gasteiger partial charge is 0.322 e. The van der Waals surface area contributed by atoms with Crippen molar-refractivity contribution in [2.75, 3.05) is 0 Å². The molecule has 0 saturated heterocycles. The minimum Gasteiger partial charge on any atom is -0.322 e. The van der Waals surface area contributed by atoms with Gasteiger partial charge in [0, 0.05) is 6.04 Å². The van der Waals surface area contributed by atoms with E-state index in [0.29, 0.717) is 11.6 Å². The maximum absolute atomic E-state index is 9.16. The molecule has 3 nitrogen and oxygen atoms in total. The van der Waals surface area contributed by atoms with Crippen molar-refractivity contribution < 1.29 is 0 Å². The zero-order valence-corrected chi connectivity index (χ0v) is 13.9. The number of rotatable bonds is 2. The van der Waals surface area contributed by atoms with Gasteiger partial charge in [0.1, 0.15) is 5.82 Å². The summed E-state index contributed by atoms with van der Waals surface area (Å²) < 4.78 is 2.26. The quantitative estimate of drug-likeness (QED) is 0.747. The van der Waals surface area contributed by atoms with E-state index >= 15 is 0 Å². The van der Waals surface area contributed by atoms with E-state index in [2.05, 4.69) is 38.3 Å². The number of imidazole rings is 1. The van der Waals surface area contributed by atoms with Gasteiger partial charge in [-0.15, -0.1) is 11.6 Å². The molecule has 0 N–H and O–H groups in total. The molecule has 1 saturated carbocycles. The van der Waals surface area contributed by atoms with Crippen LogP contribution in [0, 0.1) is 22.2 Å². The number of fused-ring (bicyclic) bond motifs is 1. The van der Waals surface area contributed by atoms with Crippen LogP contribution in [0.15, 0.2) is 18.2 Å². The molecule has 0 spiro atoms. The fraction of sp³-hybridized carbons (Fsp3) is 0.529. The van der Waals surface area contributed by atoms with Crippen molar-refractivity contribution in [2.45, 2.75) is 46.0 Å². The number of alkyl halides is 1. The van der Waals surface area contributed by atoms with Crippen LogP contribution in [0.2, 0.25) is 0 Å². The molecule has 3 rings (SSSR count). The van der Waals surface area contributed by atoms with Crippen molar-refractivity contribution in [3.8, 4) is 6.07 Å². The van der Waals surface area contributed by atoms with Crippen LogP contribution in [0.3, 0.4) is 0 Å². The zero-order chi connectivity index (χ0) is 15.6. The third-order valence-corrected chi connectivity index (χ3v) is 5.60. The predicted octanol–water partition coefficient (Wildman–Crippen LogP) is 4.81. The van der Waals surface area contributed by atoms with Crippen molar-refractivity contribution in [1.29, 1.82) is 5.26 Å². The van der Waals surface area contributed by atoms with Gasteiger partial charge in [-0.2, -0.15) is 5.26 Å². The fourth-order valence-corrected chi connectivity index (χ4v) is 3.69. The molecule has 0 radical (unpaired) electrons. The molecule has 1 atom stereocenters. The van der Waals surface area contributed by atoms with Crippen molar-refractivity contribution in [2.24, 2.45) is 10.8 Å². The standard InChI is InChI=1S/C17H20ClN3/c1-10(18)14-20-12-7-6-11(9-19)8-13(12)21(14)15-16(2,3)17(15,4)5/h6-8,10,15H,1-5H3. The SMILES string of the molecule is CC(Cl)c1nc2ccc(C#N)cc2n1C1C(C)(C)C1(C)C. The lowest BCUT2D eigenvalue weighted by molar-refractivity contribution is 0.457. The second kappa shape index (κ2) is 4.24. The molecular formula is C17H20ClN3. The lowest BCUT2D eigenvalue weighted by atomic mass is 10.0. The van der Waals surface area contributed by atoms with Crippen LogP contribution in [-0.4, -0.2) is 9.55 Å². The summed E-state index contributed by atoms with van der Waals surface area (Å²) >= 11 is 6.36. The Hall–Kier alpha value is -1.53. The normalized spacial score (nSPS) is 21.2. The Balaban J connectivity index is 2.30. The maximum atomic E-state index is 9.16. The van der Waals surface area contributed by atoms with E-state index < -0.39 is 0 Å². The minimum atomic E-state index is -0.157. The highest BCUT2D eigenvalue weighted by Gasteiger charge is 2.66. The number of nitriles is 1. The van der Waals surface area contributed by atoms with Crippen molar-refractivity contribution >= 4 is 22.6 Å². The number of hydrogen-bond acceptors (Lipinski definition) is 2. The summed E-state index contributed by atoms with van der Waals surface area (Å²) in [7, 11) is 0.